The summed E-state index contributed by atoms with van der Waals surface area (Å²) in [6, 6.07) is 18.4. The summed E-state index contributed by atoms with van der Waals surface area (Å²) in [6.07, 6.45) is 1.04. The fraction of sp³-hybridized carbons (Fsp3) is 0.333. The number of rotatable bonds is 5. The van der Waals surface area contributed by atoms with E-state index in [0.717, 1.165) is 18.6 Å². The molecule has 21 heavy (non-hydrogen) atoms. The van der Waals surface area contributed by atoms with Crippen molar-refractivity contribution in [2.24, 2.45) is 0 Å². The summed E-state index contributed by atoms with van der Waals surface area (Å²) in [5, 5.41) is 13.0. The molecule has 3 rings (SSSR count). The molecular weight excluding hydrogens is 262 g/mol. The molecule has 0 amide bonds. The third kappa shape index (κ3) is 3.32. The highest BCUT2D eigenvalue weighted by atomic mass is 16.5. The highest BCUT2D eigenvalue weighted by molar-refractivity contribution is 5.31. The maximum atomic E-state index is 9.60. The molecule has 0 radical (unpaired) electrons. The molecule has 1 aliphatic rings. The summed E-state index contributed by atoms with van der Waals surface area (Å²) >= 11 is 0. The maximum Gasteiger partial charge on any atom is 0.0952 e. The van der Waals surface area contributed by atoms with Gasteiger partial charge in [0.05, 0.1) is 25.4 Å². The molecule has 110 valence electrons. The molecule has 2 atom stereocenters. The molecule has 2 N–H and O–H groups in total. The Morgan fingerprint density at radius 2 is 1.86 bits per heavy atom. The van der Waals surface area contributed by atoms with E-state index in [9.17, 15) is 5.11 Å². The Morgan fingerprint density at radius 1 is 1.10 bits per heavy atom. The summed E-state index contributed by atoms with van der Waals surface area (Å²) in [5.41, 5.74) is 3.74. The van der Waals surface area contributed by atoms with Gasteiger partial charge in [-0.1, -0.05) is 54.6 Å². The monoisotopic (exact) mass is 283 g/mol. The molecule has 0 aliphatic carbocycles. The Morgan fingerprint density at radius 3 is 2.67 bits per heavy atom. The van der Waals surface area contributed by atoms with Gasteiger partial charge in [0.1, 0.15) is 0 Å². The SMILES string of the molecule is OCC(NCC1OCCc2ccccc21)c1ccccc1. The van der Waals surface area contributed by atoms with E-state index in [0.29, 0.717) is 6.54 Å². The van der Waals surface area contributed by atoms with Crippen molar-refractivity contribution in [3.8, 4) is 0 Å². The van der Waals surface area contributed by atoms with Gasteiger partial charge in [0.15, 0.2) is 0 Å². The van der Waals surface area contributed by atoms with Crippen molar-refractivity contribution in [3.63, 3.8) is 0 Å². The summed E-state index contributed by atoms with van der Waals surface area (Å²) in [4.78, 5) is 0. The Kier molecular flexibility index (Phi) is 4.65. The van der Waals surface area contributed by atoms with E-state index in [1.54, 1.807) is 0 Å². The van der Waals surface area contributed by atoms with E-state index >= 15 is 0 Å². The van der Waals surface area contributed by atoms with Crippen molar-refractivity contribution < 1.29 is 9.84 Å². The van der Waals surface area contributed by atoms with Gasteiger partial charge >= 0.3 is 0 Å². The minimum absolute atomic E-state index is 0.0520. The fourth-order valence-electron chi connectivity index (χ4n) is 2.87. The molecule has 0 saturated carbocycles. The van der Waals surface area contributed by atoms with Crippen LogP contribution in [0.3, 0.4) is 0 Å². The summed E-state index contributed by atoms with van der Waals surface area (Å²) in [6.45, 7) is 1.55. The molecule has 3 nitrogen and oxygen atoms in total. The molecule has 1 aliphatic heterocycles. The molecule has 0 bridgehead atoms. The van der Waals surface area contributed by atoms with Gasteiger partial charge in [-0.25, -0.2) is 0 Å². The number of hydrogen-bond donors (Lipinski definition) is 2. The van der Waals surface area contributed by atoms with E-state index in [4.69, 9.17) is 4.74 Å². The van der Waals surface area contributed by atoms with Gasteiger partial charge in [0, 0.05) is 6.54 Å². The lowest BCUT2D eigenvalue weighted by Crippen LogP contribution is -2.32. The van der Waals surface area contributed by atoms with Crippen LogP contribution >= 0.6 is 0 Å². The lowest BCUT2D eigenvalue weighted by atomic mass is 9.97. The zero-order valence-electron chi connectivity index (χ0n) is 12.0. The van der Waals surface area contributed by atoms with Crippen LogP contribution in [0.15, 0.2) is 54.6 Å². The smallest absolute Gasteiger partial charge is 0.0952 e. The predicted molar refractivity (Wildman–Crippen MR) is 83.1 cm³/mol. The number of fused-ring (bicyclic) bond motifs is 1. The van der Waals surface area contributed by atoms with Crippen molar-refractivity contribution in [2.45, 2.75) is 18.6 Å². The second-order valence-electron chi connectivity index (χ2n) is 5.36. The lowest BCUT2D eigenvalue weighted by Gasteiger charge is -2.28. The minimum atomic E-state index is -0.0520. The average Bonchev–Trinajstić information content (AvgIpc) is 2.56. The lowest BCUT2D eigenvalue weighted by molar-refractivity contribution is 0.0390. The first-order valence-corrected chi connectivity index (χ1v) is 7.47. The average molecular weight is 283 g/mol. The van der Waals surface area contributed by atoms with Crippen LogP contribution in [0.4, 0.5) is 0 Å². The Hall–Kier alpha value is -1.68. The van der Waals surface area contributed by atoms with Crippen LogP contribution in [-0.4, -0.2) is 24.9 Å². The van der Waals surface area contributed by atoms with Gasteiger partial charge in [0.2, 0.25) is 0 Å². The first-order chi connectivity index (χ1) is 10.4. The van der Waals surface area contributed by atoms with Gasteiger partial charge in [0.25, 0.3) is 0 Å². The zero-order chi connectivity index (χ0) is 14.5. The van der Waals surface area contributed by atoms with Crippen molar-refractivity contribution in [1.82, 2.24) is 5.32 Å². The molecule has 2 aromatic carbocycles. The first kappa shape index (κ1) is 14.3. The van der Waals surface area contributed by atoms with Crippen LogP contribution in [0, 0.1) is 0 Å². The van der Waals surface area contributed by atoms with E-state index < -0.39 is 0 Å². The minimum Gasteiger partial charge on any atom is -0.394 e. The maximum absolute atomic E-state index is 9.60. The van der Waals surface area contributed by atoms with Crippen molar-refractivity contribution in [3.05, 3.63) is 71.3 Å². The number of benzene rings is 2. The topological polar surface area (TPSA) is 41.5 Å². The van der Waals surface area contributed by atoms with Gasteiger partial charge in [-0.15, -0.1) is 0 Å². The zero-order valence-corrected chi connectivity index (χ0v) is 12.0. The summed E-state index contributed by atoms with van der Waals surface area (Å²) in [7, 11) is 0. The highest BCUT2D eigenvalue weighted by Gasteiger charge is 2.21. The molecule has 0 saturated heterocycles. The molecular formula is C18H21NO2. The highest BCUT2D eigenvalue weighted by Crippen LogP contribution is 2.27. The Bertz CT molecular complexity index is 570. The van der Waals surface area contributed by atoms with E-state index in [2.05, 4.69) is 29.6 Å². The van der Waals surface area contributed by atoms with Gasteiger partial charge < -0.3 is 15.2 Å². The molecule has 3 heteroatoms. The van der Waals surface area contributed by atoms with E-state index in [1.807, 2.05) is 30.3 Å². The molecule has 0 fully saturated rings. The molecule has 2 unspecified atom stereocenters. The van der Waals surface area contributed by atoms with E-state index in [-0.39, 0.29) is 18.8 Å². The largest absolute Gasteiger partial charge is 0.394 e. The quantitative estimate of drug-likeness (QED) is 0.886. The third-order valence-electron chi connectivity index (χ3n) is 4.03. The number of nitrogens with one attached hydrogen (secondary N) is 1. The second kappa shape index (κ2) is 6.85. The summed E-state index contributed by atoms with van der Waals surface area (Å²) in [5.74, 6) is 0. The number of aliphatic hydroxyl groups is 1. The Labute approximate surface area is 125 Å². The summed E-state index contributed by atoms with van der Waals surface area (Å²) < 4.78 is 5.89. The number of ether oxygens (including phenoxy) is 1. The number of aliphatic hydroxyl groups excluding tert-OH is 1. The fourth-order valence-corrected chi connectivity index (χ4v) is 2.87. The normalized spacial score (nSPS) is 19.0. The predicted octanol–water partition coefficient (Wildman–Crippen LogP) is 2.62. The first-order valence-electron chi connectivity index (χ1n) is 7.47. The Balaban J connectivity index is 1.68. The number of hydrogen-bond acceptors (Lipinski definition) is 3. The van der Waals surface area contributed by atoms with Crippen molar-refractivity contribution >= 4 is 0 Å². The van der Waals surface area contributed by atoms with Crippen LogP contribution in [0.25, 0.3) is 0 Å². The standard InChI is InChI=1S/C18H21NO2/c20-13-17(15-7-2-1-3-8-15)19-12-18-16-9-5-4-6-14(16)10-11-21-18/h1-9,17-20H,10-13H2. The van der Waals surface area contributed by atoms with Crippen LogP contribution in [0.5, 0.6) is 0 Å². The van der Waals surface area contributed by atoms with Gasteiger partial charge in [-0.05, 0) is 23.1 Å². The molecule has 0 spiro atoms. The third-order valence-corrected chi connectivity index (χ3v) is 4.03. The van der Waals surface area contributed by atoms with Crippen LogP contribution in [-0.2, 0) is 11.2 Å². The van der Waals surface area contributed by atoms with Gasteiger partial charge in [-0.2, -0.15) is 0 Å². The second-order valence-corrected chi connectivity index (χ2v) is 5.36. The molecule has 0 aromatic heterocycles. The van der Waals surface area contributed by atoms with Crippen molar-refractivity contribution in [2.75, 3.05) is 19.8 Å². The van der Waals surface area contributed by atoms with Gasteiger partial charge in [-0.3, -0.25) is 0 Å². The van der Waals surface area contributed by atoms with Crippen LogP contribution in [0.1, 0.15) is 28.8 Å². The van der Waals surface area contributed by atoms with Crippen molar-refractivity contribution in [1.29, 1.82) is 0 Å². The molecule has 2 aromatic rings. The van der Waals surface area contributed by atoms with E-state index in [1.165, 1.54) is 11.1 Å². The van der Waals surface area contributed by atoms with Crippen LogP contribution in [0.2, 0.25) is 0 Å². The molecule has 1 heterocycles. The van der Waals surface area contributed by atoms with Crippen LogP contribution < -0.4 is 5.32 Å².